The lowest BCUT2D eigenvalue weighted by molar-refractivity contribution is -0.123. The quantitative estimate of drug-likeness (QED) is 0.651. The molecule has 1 aliphatic rings. The van der Waals surface area contributed by atoms with Gasteiger partial charge >= 0.3 is 0 Å². The summed E-state index contributed by atoms with van der Waals surface area (Å²) in [6, 6.07) is 0. The van der Waals surface area contributed by atoms with E-state index in [-0.39, 0.29) is 11.4 Å². The smallest absolute Gasteiger partial charge is 0.244 e. The average molecular weight is 168 g/mol. The van der Waals surface area contributed by atoms with Gasteiger partial charge in [0, 0.05) is 5.70 Å². The van der Waals surface area contributed by atoms with E-state index < -0.39 is 0 Å². The van der Waals surface area contributed by atoms with Crippen molar-refractivity contribution in [1.82, 2.24) is 10.6 Å². The standard InChI is InChI=1S/C9H16N2O/c1-4-10-9(5-6-9)8(12)11-7(2)3/h10H,2,4-6H2,1,3H3,(H,11,12). The lowest BCUT2D eigenvalue weighted by atomic mass is 10.2. The first-order chi connectivity index (χ1) is 5.60. The molecule has 0 aromatic carbocycles. The molecule has 1 saturated carbocycles. The molecule has 3 nitrogen and oxygen atoms in total. The van der Waals surface area contributed by atoms with Crippen molar-refractivity contribution in [3.05, 3.63) is 12.3 Å². The molecule has 1 rings (SSSR count). The molecule has 12 heavy (non-hydrogen) atoms. The number of carbonyl (C=O) groups excluding carboxylic acids is 1. The monoisotopic (exact) mass is 168 g/mol. The highest BCUT2D eigenvalue weighted by molar-refractivity contribution is 5.90. The molecule has 0 aliphatic heterocycles. The summed E-state index contributed by atoms with van der Waals surface area (Å²) in [5.41, 5.74) is 0.442. The van der Waals surface area contributed by atoms with Crippen LogP contribution in [-0.4, -0.2) is 18.0 Å². The van der Waals surface area contributed by atoms with Gasteiger partial charge in [0.2, 0.25) is 5.91 Å². The fourth-order valence-electron chi connectivity index (χ4n) is 1.26. The number of likely N-dealkylation sites (N-methyl/N-ethyl adjacent to an activating group) is 1. The van der Waals surface area contributed by atoms with E-state index in [0.717, 1.165) is 19.4 Å². The van der Waals surface area contributed by atoms with E-state index in [1.807, 2.05) is 6.92 Å². The van der Waals surface area contributed by atoms with Crippen LogP contribution in [0.4, 0.5) is 0 Å². The van der Waals surface area contributed by atoms with Crippen LogP contribution in [0.15, 0.2) is 12.3 Å². The Kier molecular flexibility index (Phi) is 2.52. The zero-order valence-electron chi connectivity index (χ0n) is 7.74. The van der Waals surface area contributed by atoms with Crippen LogP contribution < -0.4 is 10.6 Å². The van der Waals surface area contributed by atoms with Crippen molar-refractivity contribution in [2.75, 3.05) is 6.54 Å². The molecule has 0 heterocycles. The van der Waals surface area contributed by atoms with Crippen molar-refractivity contribution in [3.63, 3.8) is 0 Å². The molecule has 0 spiro atoms. The number of carbonyl (C=O) groups is 1. The Labute approximate surface area is 73.2 Å². The van der Waals surface area contributed by atoms with Gasteiger partial charge < -0.3 is 10.6 Å². The van der Waals surface area contributed by atoms with E-state index >= 15 is 0 Å². The van der Waals surface area contributed by atoms with Crippen molar-refractivity contribution >= 4 is 5.91 Å². The molecule has 0 aromatic heterocycles. The molecule has 68 valence electrons. The predicted molar refractivity (Wildman–Crippen MR) is 48.6 cm³/mol. The highest BCUT2D eigenvalue weighted by atomic mass is 16.2. The third kappa shape index (κ3) is 1.85. The first-order valence-corrected chi connectivity index (χ1v) is 4.33. The predicted octanol–water partition coefficient (Wildman–Crippen LogP) is 0.778. The first-order valence-electron chi connectivity index (χ1n) is 4.33. The minimum atomic E-state index is -0.270. The molecule has 1 fully saturated rings. The number of nitrogens with one attached hydrogen (secondary N) is 2. The van der Waals surface area contributed by atoms with E-state index in [9.17, 15) is 4.79 Å². The Morgan fingerprint density at radius 2 is 2.17 bits per heavy atom. The molecule has 0 radical (unpaired) electrons. The molecular formula is C9H16N2O. The zero-order valence-corrected chi connectivity index (χ0v) is 7.74. The fourth-order valence-corrected chi connectivity index (χ4v) is 1.26. The van der Waals surface area contributed by atoms with E-state index in [4.69, 9.17) is 0 Å². The maximum absolute atomic E-state index is 11.5. The van der Waals surface area contributed by atoms with Gasteiger partial charge in [0.25, 0.3) is 0 Å². The minimum absolute atomic E-state index is 0.0665. The number of amides is 1. The van der Waals surface area contributed by atoms with Crippen molar-refractivity contribution in [2.24, 2.45) is 0 Å². The van der Waals surface area contributed by atoms with E-state index in [1.54, 1.807) is 6.92 Å². The summed E-state index contributed by atoms with van der Waals surface area (Å²) in [5.74, 6) is 0.0665. The summed E-state index contributed by atoms with van der Waals surface area (Å²) in [6.45, 7) is 8.27. The van der Waals surface area contributed by atoms with Gasteiger partial charge in [0.05, 0.1) is 5.54 Å². The minimum Gasteiger partial charge on any atom is -0.329 e. The van der Waals surface area contributed by atoms with Crippen LogP contribution >= 0.6 is 0 Å². The van der Waals surface area contributed by atoms with Gasteiger partial charge in [-0.3, -0.25) is 4.79 Å². The van der Waals surface area contributed by atoms with E-state index in [2.05, 4.69) is 17.2 Å². The van der Waals surface area contributed by atoms with Crippen molar-refractivity contribution in [1.29, 1.82) is 0 Å². The second kappa shape index (κ2) is 3.27. The van der Waals surface area contributed by atoms with Gasteiger partial charge in [-0.2, -0.15) is 0 Å². The zero-order chi connectivity index (χ0) is 9.19. The molecule has 3 heteroatoms. The summed E-state index contributed by atoms with van der Waals surface area (Å²) < 4.78 is 0. The fraction of sp³-hybridized carbons (Fsp3) is 0.667. The van der Waals surface area contributed by atoms with Crippen LogP contribution in [0.2, 0.25) is 0 Å². The SMILES string of the molecule is C=C(C)NC(=O)C1(NCC)CC1. The number of hydrogen-bond donors (Lipinski definition) is 2. The second-order valence-corrected chi connectivity index (χ2v) is 3.35. The third-order valence-electron chi connectivity index (χ3n) is 2.03. The first kappa shape index (κ1) is 9.26. The summed E-state index contributed by atoms with van der Waals surface area (Å²) >= 11 is 0. The van der Waals surface area contributed by atoms with Gasteiger partial charge in [-0.1, -0.05) is 13.5 Å². The van der Waals surface area contributed by atoms with Crippen LogP contribution in [0.5, 0.6) is 0 Å². The Morgan fingerprint density at radius 3 is 2.50 bits per heavy atom. The maximum Gasteiger partial charge on any atom is 0.244 e. The Morgan fingerprint density at radius 1 is 1.58 bits per heavy atom. The molecule has 0 atom stereocenters. The van der Waals surface area contributed by atoms with Gasteiger partial charge in [-0.25, -0.2) is 0 Å². The average Bonchev–Trinajstić information content (AvgIpc) is 2.68. The number of rotatable bonds is 4. The van der Waals surface area contributed by atoms with Gasteiger partial charge in [0.15, 0.2) is 0 Å². The van der Waals surface area contributed by atoms with Gasteiger partial charge in [-0.15, -0.1) is 0 Å². The maximum atomic E-state index is 11.5. The molecule has 0 saturated heterocycles. The number of hydrogen-bond acceptors (Lipinski definition) is 2. The molecule has 0 bridgehead atoms. The highest BCUT2D eigenvalue weighted by Gasteiger charge is 2.48. The second-order valence-electron chi connectivity index (χ2n) is 3.35. The summed E-state index contributed by atoms with van der Waals surface area (Å²) in [7, 11) is 0. The Hall–Kier alpha value is -0.830. The normalized spacial score (nSPS) is 18.5. The van der Waals surface area contributed by atoms with Crippen LogP contribution in [0.1, 0.15) is 26.7 Å². The molecule has 0 aromatic rings. The molecule has 0 unspecified atom stereocenters. The van der Waals surface area contributed by atoms with Crippen molar-refractivity contribution in [3.8, 4) is 0 Å². The van der Waals surface area contributed by atoms with E-state index in [1.165, 1.54) is 0 Å². The molecular weight excluding hydrogens is 152 g/mol. The summed E-state index contributed by atoms with van der Waals surface area (Å²) in [5, 5.41) is 5.92. The molecule has 1 aliphatic carbocycles. The van der Waals surface area contributed by atoms with Crippen LogP contribution in [0.3, 0.4) is 0 Å². The largest absolute Gasteiger partial charge is 0.329 e. The van der Waals surface area contributed by atoms with Gasteiger partial charge in [0.1, 0.15) is 0 Å². The highest BCUT2D eigenvalue weighted by Crippen LogP contribution is 2.35. The van der Waals surface area contributed by atoms with E-state index in [0.29, 0.717) is 5.70 Å². The summed E-state index contributed by atoms with van der Waals surface area (Å²) in [6.07, 6.45) is 1.89. The summed E-state index contributed by atoms with van der Waals surface area (Å²) in [4.78, 5) is 11.5. The number of allylic oxidation sites excluding steroid dienone is 1. The molecule has 2 N–H and O–H groups in total. The van der Waals surface area contributed by atoms with Crippen LogP contribution in [0.25, 0.3) is 0 Å². The third-order valence-corrected chi connectivity index (χ3v) is 2.03. The van der Waals surface area contributed by atoms with Crippen LogP contribution in [-0.2, 0) is 4.79 Å². The van der Waals surface area contributed by atoms with Crippen LogP contribution in [0, 0.1) is 0 Å². The molecule has 1 amide bonds. The van der Waals surface area contributed by atoms with Crippen molar-refractivity contribution in [2.45, 2.75) is 32.2 Å². The lowest BCUT2D eigenvalue weighted by Gasteiger charge is -2.15. The topological polar surface area (TPSA) is 41.1 Å². The Bertz CT molecular complexity index is 207. The van der Waals surface area contributed by atoms with Gasteiger partial charge in [-0.05, 0) is 26.3 Å². The van der Waals surface area contributed by atoms with Crippen molar-refractivity contribution < 1.29 is 4.79 Å². The lowest BCUT2D eigenvalue weighted by Crippen LogP contribution is -2.45. The Balaban J connectivity index is 2.46.